The van der Waals surface area contributed by atoms with Crippen molar-refractivity contribution in [3.05, 3.63) is 56.5 Å². The lowest BCUT2D eigenvalue weighted by Crippen LogP contribution is -2.35. The molecular weight excluding hydrogens is 452 g/mol. The van der Waals surface area contributed by atoms with Crippen molar-refractivity contribution >= 4 is 50.4 Å². The van der Waals surface area contributed by atoms with E-state index in [1.165, 1.54) is 25.3 Å². The number of halogens is 1. The molecule has 168 valence electrons. The lowest BCUT2D eigenvalue weighted by Gasteiger charge is -2.30. The molecule has 32 heavy (non-hydrogen) atoms. The van der Waals surface area contributed by atoms with Gasteiger partial charge in [-0.15, -0.1) is 11.3 Å². The fourth-order valence-electron chi connectivity index (χ4n) is 3.87. The van der Waals surface area contributed by atoms with Crippen LogP contribution in [0.15, 0.2) is 36.4 Å². The number of methoxy groups -OCH3 is 1. The Morgan fingerprint density at radius 3 is 2.81 bits per heavy atom. The second-order valence-electron chi connectivity index (χ2n) is 7.72. The number of anilines is 1. The van der Waals surface area contributed by atoms with Gasteiger partial charge in [-0.05, 0) is 50.2 Å². The minimum absolute atomic E-state index is 0.0843. The Morgan fingerprint density at radius 2 is 2.09 bits per heavy atom. The molecule has 1 fully saturated rings. The van der Waals surface area contributed by atoms with Gasteiger partial charge in [0.05, 0.1) is 39.0 Å². The molecule has 0 unspecified atom stereocenters. The average molecular weight is 475 g/mol. The first kappa shape index (κ1) is 22.4. The largest absolute Gasteiger partial charge is 0.494 e. The van der Waals surface area contributed by atoms with Crippen molar-refractivity contribution in [1.82, 2.24) is 9.88 Å². The number of non-ortho nitro benzene ring substituents is 1. The number of piperidine rings is 1. The van der Waals surface area contributed by atoms with Crippen LogP contribution in [0.4, 0.5) is 11.4 Å². The molecular formula is C22H23ClN4O4S. The van der Waals surface area contributed by atoms with Gasteiger partial charge in [0.25, 0.3) is 5.69 Å². The minimum atomic E-state index is -0.499. The first-order chi connectivity index (χ1) is 15.4. The number of nitro groups is 1. The van der Waals surface area contributed by atoms with Crippen molar-refractivity contribution in [3.63, 3.8) is 0 Å². The maximum absolute atomic E-state index is 12.4. The van der Waals surface area contributed by atoms with Gasteiger partial charge in [0.2, 0.25) is 5.91 Å². The topological polar surface area (TPSA) is 97.6 Å². The third-order valence-electron chi connectivity index (χ3n) is 5.63. The van der Waals surface area contributed by atoms with Crippen LogP contribution >= 0.6 is 22.9 Å². The number of benzene rings is 2. The van der Waals surface area contributed by atoms with Crippen molar-refractivity contribution in [3.8, 4) is 5.75 Å². The van der Waals surface area contributed by atoms with Crippen molar-refractivity contribution in [2.45, 2.75) is 25.2 Å². The second-order valence-corrected chi connectivity index (χ2v) is 9.22. The first-order valence-corrected chi connectivity index (χ1v) is 11.5. The summed E-state index contributed by atoms with van der Waals surface area (Å²) in [6, 6.07) is 9.96. The molecule has 0 aliphatic carbocycles. The maximum Gasteiger partial charge on any atom is 0.273 e. The number of rotatable bonds is 7. The van der Waals surface area contributed by atoms with Gasteiger partial charge in [-0.3, -0.25) is 14.9 Å². The number of thiazole rings is 1. The van der Waals surface area contributed by atoms with E-state index >= 15 is 0 Å². The number of nitrogens with one attached hydrogen (secondary N) is 1. The summed E-state index contributed by atoms with van der Waals surface area (Å²) in [5.41, 5.74) is 1.30. The van der Waals surface area contributed by atoms with Gasteiger partial charge in [-0.1, -0.05) is 11.6 Å². The highest BCUT2D eigenvalue weighted by Gasteiger charge is 2.24. The van der Waals surface area contributed by atoms with Crippen LogP contribution in [0.1, 0.15) is 30.2 Å². The minimum Gasteiger partial charge on any atom is -0.494 e. The van der Waals surface area contributed by atoms with Gasteiger partial charge in [0.15, 0.2) is 0 Å². The van der Waals surface area contributed by atoms with Crippen LogP contribution in [0.2, 0.25) is 5.02 Å². The van der Waals surface area contributed by atoms with E-state index in [1.54, 1.807) is 11.3 Å². The molecule has 3 aromatic rings. The van der Waals surface area contributed by atoms with Crippen LogP contribution in [0.3, 0.4) is 0 Å². The van der Waals surface area contributed by atoms with Gasteiger partial charge in [0.1, 0.15) is 5.75 Å². The quantitative estimate of drug-likeness (QED) is 0.379. The molecule has 1 amide bonds. The molecule has 1 N–H and O–H groups in total. The molecule has 10 heteroatoms. The third kappa shape index (κ3) is 5.17. The van der Waals surface area contributed by atoms with Gasteiger partial charge in [-0.25, -0.2) is 4.98 Å². The van der Waals surface area contributed by atoms with Crippen molar-refractivity contribution in [2.75, 3.05) is 32.1 Å². The average Bonchev–Trinajstić information content (AvgIpc) is 3.21. The third-order valence-corrected chi connectivity index (χ3v) is 7.06. The summed E-state index contributed by atoms with van der Waals surface area (Å²) >= 11 is 7.80. The van der Waals surface area contributed by atoms with Crippen molar-refractivity contribution in [1.29, 1.82) is 0 Å². The van der Waals surface area contributed by atoms with E-state index < -0.39 is 4.92 Å². The molecule has 1 aromatic heterocycles. The molecule has 2 aromatic carbocycles. The number of fused-ring (bicyclic) bond motifs is 1. The van der Waals surface area contributed by atoms with Crippen LogP contribution in [0, 0.1) is 10.1 Å². The Bertz CT molecular complexity index is 1140. The van der Waals surface area contributed by atoms with Crippen LogP contribution in [0.5, 0.6) is 5.75 Å². The smallest absolute Gasteiger partial charge is 0.273 e. The molecule has 0 saturated carbocycles. The summed E-state index contributed by atoms with van der Waals surface area (Å²) in [5.74, 6) is 0.549. The van der Waals surface area contributed by atoms with Gasteiger partial charge in [-0.2, -0.15) is 0 Å². The lowest BCUT2D eigenvalue weighted by molar-refractivity contribution is -0.384. The van der Waals surface area contributed by atoms with E-state index in [1.807, 2.05) is 18.2 Å². The normalized spacial score (nSPS) is 15.1. The first-order valence-electron chi connectivity index (χ1n) is 10.3. The molecule has 2 heterocycles. The van der Waals surface area contributed by atoms with Crippen molar-refractivity contribution < 1.29 is 14.5 Å². The standard InChI is InChI=1S/C22H23ClN4O4S/c1-31-19-13-16(27(29)30)3-4-17(19)24-21(28)8-11-26-9-6-14(7-10-26)22-25-18-12-15(23)2-5-20(18)32-22/h2-5,12-14H,6-11H2,1H3,(H,24,28). The molecule has 8 nitrogen and oxygen atoms in total. The number of nitro benzene ring substituents is 1. The highest BCUT2D eigenvalue weighted by molar-refractivity contribution is 7.18. The number of carbonyl (C=O) groups is 1. The molecule has 1 aliphatic rings. The summed E-state index contributed by atoms with van der Waals surface area (Å²) < 4.78 is 6.33. The zero-order valence-corrected chi connectivity index (χ0v) is 19.1. The summed E-state index contributed by atoms with van der Waals surface area (Å²) in [4.78, 5) is 29.9. The van der Waals surface area contributed by atoms with Gasteiger partial charge < -0.3 is 15.0 Å². The van der Waals surface area contributed by atoms with E-state index in [4.69, 9.17) is 21.3 Å². The monoisotopic (exact) mass is 474 g/mol. The van der Waals surface area contributed by atoms with E-state index in [9.17, 15) is 14.9 Å². The Kier molecular flexibility index (Phi) is 6.88. The van der Waals surface area contributed by atoms with E-state index in [-0.39, 0.29) is 17.3 Å². The van der Waals surface area contributed by atoms with Crippen LogP contribution in [-0.2, 0) is 4.79 Å². The van der Waals surface area contributed by atoms with Crippen LogP contribution in [0.25, 0.3) is 10.2 Å². The number of nitrogens with zero attached hydrogens (tertiary/aromatic N) is 3. The van der Waals surface area contributed by atoms with Gasteiger partial charge >= 0.3 is 0 Å². The fraction of sp³-hybridized carbons (Fsp3) is 0.364. The Morgan fingerprint density at radius 1 is 1.31 bits per heavy atom. The van der Waals surface area contributed by atoms with E-state index in [0.717, 1.165) is 41.2 Å². The van der Waals surface area contributed by atoms with Crippen LogP contribution < -0.4 is 10.1 Å². The molecule has 0 radical (unpaired) electrons. The molecule has 0 bridgehead atoms. The van der Waals surface area contributed by atoms with E-state index in [0.29, 0.717) is 29.6 Å². The molecule has 1 saturated heterocycles. The molecule has 0 spiro atoms. The zero-order valence-electron chi connectivity index (χ0n) is 17.5. The summed E-state index contributed by atoms with van der Waals surface area (Å²) in [5, 5.41) is 15.6. The Hall–Kier alpha value is -2.75. The number of hydrogen-bond acceptors (Lipinski definition) is 7. The van der Waals surface area contributed by atoms with Crippen molar-refractivity contribution in [2.24, 2.45) is 0 Å². The van der Waals surface area contributed by atoms with Gasteiger partial charge in [0, 0.05) is 30.0 Å². The Labute approximate surface area is 194 Å². The number of amides is 1. The highest BCUT2D eigenvalue weighted by Crippen LogP contribution is 2.35. The number of aromatic nitrogens is 1. The number of ether oxygens (including phenoxy) is 1. The summed E-state index contributed by atoms with van der Waals surface area (Å²) in [7, 11) is 1.42. The second kappa shape index (κ2) is 9.81. The fourth-order valence-corrected chi connectivity index (χ4v) is 5.15. The maximum atomic E-state index is 12.4. The predicted molar refractivity (Wildman–Crippen MR) is 126 cm³/mol. The highest BCUT2D eigenvalue weighted by atomic mass is 35.5. The predicted octanol–water partition coefficient (Wildman–Crippen LogP) is 5.07. The summed E-state index contributed by atoms with van der Waals surface area (Å²) in [6.07, 6.45) is 2.35. The number of hydrogen-bond donors (Lipinski definition) is 1. The lowest BCUT2D eigenvalue weighted by atomic mass is 9.97. The Balaban J connectivity index is 1.27. The number of likely N-dealkylation sites (tertiary alicyclic amines) is 1. The summed E-state index contributed by atoms with van der Waals surface area (Å²) in [6.45, 7) is 2.48. The zero-order chi connectivity index (χ0) is 22.7. The molecule has 0 atom stereocenters. The van der Waals surface area contributed by atoms with Crippen LogP contribution in [-0.4, -0.2) is 47.5 Å². The molecule has 4 rings (SSSR count). The number of carbonyl (C=O) groups excluding carboxylic acids is 1. The SMILES string of the molecule is COc1cc([N+](=O)[O-])ccc1NC(=O)CCN1CCC(c2nc3cc(Cl)ccc3s2)CC1. The van der Waals surface area contributed by atoms with E-state index in [2.05, 4.69) is 10.2 Å². The molecule has 1 aliphatic heterocycles.